The molecule has 1 aromatic carbocycles. The molecule has 1 saturated carbocycles. The predicted octanol–water partition coefficient (Wildman–Crippen LogP) is 3.14. The van der Waals surface area contributed by atoms with Crippen LogP contribution in [0.15, 0.2) is 16.6 Å². The molecule has 16 heavy (non-hydrogen) atoms. The smallest absolute Gasteiger partial charge is 0.256 e. The van der Waals surface area contributed by atoms with Crippen molar-refractivity contribution in [3.05, 3.63) is 27.2 Å². The maximum atomic E-state index is 12.0. The molecule has 0 aromatic heterocycles. The number of anilines is 1. The van der Waals surface area contributed by atoms with E-state index >= 15 is 0 Å². The van der Waals surface area contributed by atoms with Gasteiger partial charge in [0.2, 0.25) is 0 Å². The first kappa shape index (κ1) is 10.4. The molecule has 1 fully saturated rings. The highest BCUT2D eigenvalue weighted by Gasteiger charge is 2.43. The van der Waals surface area contributed by atoms with Crippen molar-refractivity contribution >= 4 is 39.1 Å². The van der Waals surface area contributed by atoms with Gasteiger partial charge in [0.05, 0.1) is 16.3 Å². The minimum Gasteiger partial charge on any atom is -0.362 e. The van der Waals surface area contributed by atoms with Gasteiger partial charge in [0.1, 0.15) is 5.66 Å². The zero-order valence-corrected chi connectivity index (χ0v) is 10.8. The van der Waals surface area contributed by atoms with Crippen LogP contribution in [-0.4, -0.2) is 11.6 Å². The van der Waals surface area contributed by atoms with Gasteiger partial charge in [-0.15, -0.1) is 0 Å². The van der Waals surface area contributed by atoms with Crippen molar-refractivity contribution in [1.82, 2.24) is 5.32 Å². The van der Waals surface area contributed by atoms with Crippen LogP contribution in [0.1, 0.15) is 29.6 Å². The highest BCUT2D eigenvalue weighted by atomic mass is 79.9. The maximum absolute atomic E-state index is 12.0. The summed E-state index contributed by atoms with van der Waals surface area (Å²) < 4.78 is 0.882. The number of benzene rings is 1. The molecule has 5 heteroatoms. The molecule has 84 valence electrons. The molecule has 2 N–H and O–H groups in total. The molecular formula is C11H10BrClN2O. The van der Waals surface area contributed by atoms with Crippen molar-refractivity contribution in [3.8, 4) is 0 Å². The fourth-order valence-electron chi connectivity index (χ4n) is 2.25. The average Bonchev–Trinajstić information content (AvgIpc) is 2.13. The summed E-state index contributed by atoms with van der Waals surface area (Å²) in [6, 6.07) is 3.64. The van der Waals surface area contributed by atoms with Crippen LogP contribution in [-0.2, 0) is 0 Å². The molecule has 0 radical (unpaired) electrons. The molecule has 0 unspecified atom stereocenters. The van der Waals surface area contributed by atoms with Gasteiger partial charge in [0.15, 0.2) is 0 Å². The van der Waals surface area contributed by atoms with Crippen molar-refractivity contribution in [3.63, 3.8) is 0 Å². The number of carbonyl (C=O) groups is 1. The van der Waals surface area contributed by atoms with Crippen molar-refractivity contribution in [1.29, 1.82) is 0 Å². The molecule has 3 rings (SSSR count). The van der Waals surface area contributed by atoms with Crippen LogP contribution in [0, 0.1) is 0 Å². The molecule has 1 heterocycles. The van der Waals surface area contributed by atoms with E-state index in [1.807, 2.05) is 6.07 Å². The first-order chi connectivity index (χ1) is 7.60. The standard InChI is InChI=1S/C11H10BrClN2O/c12-6-4-7(13)9-8(5-6)14-11(2-1-3-11)15-10(9)16/h4-5,14H,1-3H2,(H,15,16). The number of amides is 1. The minimum atomic E-state index is -0.228. The van der Waals surface area contributed by atoms with E-state index in [1.54, 1.807) is 6.07 Å². The van der Waals surface area contributed by atoms with E-state index in [0.29, 0.717) is 10.6 Å². The zero-order chi connectivity index (χ0) is 11.3. The Morgan fingerprint density at radius 3 is 2.69 bits per heavy atom. The molecule has 0 bridgehead atoms. The Morgan fingerprint density at radius 2 is 2.06 bits per heavy atom. The highest BCUT2D eigenvalue weighted by molar-refractivity contribution is 9.10. The largest absolute Gasteiger partial charge is 0.362 e. The van der Waals surface area contributed by atoms with Crippen LogP contribution in [0.5, 0.6) is 0 Å². The van der Waals surface area contributed by atoms with E-state index in [4.69, 9.17) is 11.6 Å². The molecule has 2 aliphatic rings. The van der Waals surface area contributed by atoms with Gasteiger partial charge < -0.3 is 10.6 Å². The number of halogens is 2. The number of nitrogens with one attached hydrogen (secondary N) is 2. The third-order valence-corrected chi connectivity index (χ3v) is 3.97. The summed E-state index contributed by atoms with van der Waals surface area (Å²) in [6.07, 6.45) is 3.09. The minimum absolute atomic E-state index is 0.0778. The van der Waals surface area contributed by atoms with E-state index < -0.39 is 0 Å². The van der Waals surface area contributed by atoms with Gasteiger partial charge in [-0.1, -0.05) is 27.5 Å². The summed E-state index contributed by atoms with van der Waals surface area (Å²) in [4.78, 5) is 12.0. The van der Waals surface area contributed by atoms with E-state index in [2.05, 4.69) is 26.6 Å². The second kappa shape index (κ2) is 3.37. The third-order valence-electron chi connectivity index (χ3n) is 3.22. The average molecular weight is 302 g/mol. The van der Waals surface area contributed by atoms with Crippen molar-refractivity contribution in [2.75, 3.05) is 5.32 Å². The Bertz CT molecular complexity index is 485. The lowest BCUT2D eigenvalue weighted by molar-refractivity contribution is 0.0844. The maximum Gasteiger partial charge on any atom is 0.256 e. The Kier molecular flexibility index (Phi) is 2.20. The van der Waals surface area contributed by atoms with Crippen LogP contribution in [0.25, 0.3) is 0 Å². The SMILES string of the molecule is O=C1NC2(CCC2)Nc2cc(Br)cc(Cl)c21. The van der Waals surface area contributed by atoms with Crippen LogP contribution >= 0.6 is 27.5 Å². The Hall–Kier alpha value is -0.740. The van der Waals surface area contributed by atoms with E-state index in [1.165, 1.54) is 0 Å². The molecular weight excluding hydrogens is 291 g/mol. The molecule has 1 aliphatic heterocycles. The summed E-state index contributed by atoms with van der Waals surface area (Å²) in [7, 11) is 0. The summed E-state index contributed by atoms with van der Waals surface area (Å²) in [5.74, 6) is -0.0778. The monoisotopic (exact) mass is 300 g/mol. The summed E-state index contributed by atoms with van der Waals surface area (Å²) in [5.41, 5.74) is 1.14. The number of fused-ring (bicyclic) bond motifs is 1. The van der Waals surface area contributed by atoms with Gasteiger partial charge in [-0.05, 0) is 31.4 Å². The Labute approximate surface area is 107 Å². The first-order valence-electron chi connectivity index (χ1n) is 5.19. The number of carbonyl (C=O) groups excluding carboxylic acids is 1. The van der Waals surface area contributed by atoms with E-state index in [9.17, 15) is 4.79 Å². The van der Waals surface area contributed by atoms with Crippen LogP contribution in [0.2, 0.25) is 5.02 Å². The van der Waals surface area contributed by atoms with Gasteiger partial charge in [-0.3, -0.25) is 4.79 Å². The van der Waals surface area contributed by atoms with Gasteiger partial charge in [-0.2, -0.15) is 0 Å². The number of hydrogen-bond donors (Lipinski definition) is 2. The van der Waals surface area contributed by atoms with Gasteiger partial charge >= 0.3 is 0 Å². The molecule has 0 saturated heterocycles. The van der Waals surface area contributed by atoms with Crippen molar-refractivity contribution < 1.29 is 4.79 Å². The van der Waals surface area contributed by atoms with Gasteiger partial charge in [0.25, 0.3) is 5.91 Å². The normalized spacial score (nSPS) is 20.8. The Morgan fingerprint density at radius 1 is 1.31 bits per heavy atom. The quantitative estimate of drug-likeness (QED) is 0.773. The van der Waals surface area contributed by atoms with Crippen molar-refractivity contribution in [2.45, 2.75) is 24.9 Å². The lowest BCUT2D eigenvalue weighted by Gasteiger charge is -2.47. The lowest BCUT2D eigenvalue weighted by atomic mass is 9.82. The zero-order valence-electron chi connectivity index (χ0n) is 8.44. The fraction of sp³-hybridized carbons (Fsp3) is 0.364. The van der Waals surface area contributed by atoms with Crippen LogP contribution < -0.4 is 10.6 Å². The van der Waals surface area contributed by atoms with Crippen molar-refractivity contribution in [2.24, 2.45) is 0 Å². The number of rotatable bonds is 0. The van der Waals surface area contributed by atoms with Crippen LogP contribution in [0.3, 0.4) is 0 Å². The van der Waals surface area contributed by atoms with E-state index in [-0.39, 0.29) is 11.6 Å². The fourth-order valence-corrected chi connectivity index (χ4v) is 3.15. The molecule has 1 aliphatic carbocycles. The molecule has 1 spiro atoms. The second-order valence-electron chi connectivity index (χ2n) is 4.32. The summed E-state index contributed by atoms with van der Waals surface area (Å²) >= 11 is 9.45. The first-order valence-corrected chi connectivity index (χ1v) is 6.36. The summed E-state index contributed by atoms with van der Waals surface area (Å²) in [6.45, 7) is 0. The molecule has 1 amide bonds. The molecule has 1 aromatic rings. The predicted molar refractivity (Wildman–Crippen MR) is 66.8 cm³/mol. The number of hydrogen-bond acceptors (Lipinski definition) is 2. The molecule has 3 nitrogen and oxygen atoms in total. The highest BCUT2D eigenvalue weighted by Crippen LogP contribution is 2.40. The summed E-state index contributed by atoms with van der Waals surface area (Å²) in [5, 5.41) is 6.85. The van der Waals surface area contributed by atoms with Crippen LogP contribution in [0.4, 0.5) is 5.69 Å². The second-order valence-corrected chi connectivity index (χ2v) is 5.65. The Balaban J connectivity index is 2.11. The molecule has 0 atom stereocenters. The lowest BCUT2D eigenvalue weighted by Crippen LogP contribution is -2.61. The topological polar surface area (TPSA) is 41.1 Å². The van der Waals surface area contributed by atoms with Gasteiger partial charge in [0, 0.05) is 4.47 Å². The van der Waals surface area contributed by atoms with Gasteiger partial charge in [-0.25, -0.2) is 0 Å². The third kappa shape index (κ3) is 1.44. The van der Waals surface area contributed by atoms with E-state index in [0.717, 1.165) is 29.4 Å².